The topological polar surface area (TPSA) is 29.3 Å². The van der Waals surface area contributed by atoms with Crippen molar-refractivity contribution in [3.8, 4) is 0 Å². The van der Waals surface area contributed by atoms with E-state index in [-0.39, 0.29) is 11.1 Å². The molecule has 0 aromatic heterocycles. The summed E-state index contributed by atoms with van der Waals surface area (Å²) in [4.78, 5) is 0. The minimum atomic E-state index is 0.0961. The number of nitrogens with zero attached hydrogens (tertiary/aromatic N) is 1. The largest absolute Gasteiger partial charge is 0.268 e. The molecule has 2 heteroatoms. The van der Waals surface area contributed by atoms with E-state index in [4.69, 9.17) is 5.84 Å². The molecule has 0 radical (unpaired) electrons. The van der Waals surface area contributed by atoms with Crippen molar-refractivity contribution in [1.82, 2.24) is 5.01 Å². The van der Waals surface area contributed by atoms with E-state index in [0.717, 1.165) is 5.92 Å². The van der Waals surface area contributed by atoms with E-state index in [1.165, 1.54) is 37.7 Å². The zero-order valence-corrected chi connectivity index (χ0v) is 12.3. The fourth-order valence-electron chi connectivity index (χ4n) is 3.51. The van der Waals surface area contributed by atoms with Crippen LogP contribution >= 0.6 is 0 Å². The van der Waals surface area contributed by atoms with E-state index in [9.17, 15) is 0 Å². The van der Waals surface area contributed by atoms with Gasteiger partial charge in [-0.05, 0) is 59.3 Å². The van der Waals surface area contributed by atoms with E-state index in [0.29, 0.717) is 0 Å². The molecule has 2 N–H and O–H groups in total. The van der Waals surface area contributed by atoms with Crippen molar-refractivity contribution in [2.75, 3.05) is 0 Å². The molecule has 0 unspecified atom stereocenters. The molecule has 0 amide bonds. The lowest BCUT2D eigenvalue weighted by Gasteiger charge is -2.53. The van der Waals surface area contributed by atoms with Crippen LogP contribution in [-0.2, 0) is 0 Å². The van der Waals surface area contributed by atoms with Gasteiger partial charge in [0.2, 0.25) is 0 Å². The number of piperidine rings is 1. The van der Waals surface area contributed by atoms with Crippen LogP contribution in [0.5, 0.6) is 0 Å². The number of allylic oxidation sites excluding steroid dienone is 1. The molecule has 0 aliphatic carbocycles. The van der Waals surface area contributed by atoms with Crippen molar-refractivity contribution >= 4 is 0 Å². The Hall–Kier alpha value is -0.340. The minimum absolute atomic E-state index is 0.0961. The van der Waals surface area contributed by atoms with E-state index < -0.39 is 0 Å². The highest BCUT2D eigenvalue weighted by atomic mass is 15.5. The summed E-state index contributed by atoms with van der Waals surface area (Å²) in [5.41, 5.74) is 1.60. The molecule has 17 heavy (non-hydrogen) atoms. The molecule has 0 bridgehead atoms. The first-order valence-corrected chi connectivity index (χ1v) is 6.91. The molecule has 1 fully saturated rings. The van der Waals surface area contributed by atoms with Crippen LogP contribution in [0.25, 0.3) is 0 Å². The Bertz CT molecular complexity index is 261. The fraction of sp³-hybridized carbons (Fsp3) is 0.867. The molecule has 1 saturated heterocycles. The van der Waals surface area contributed by atoms with Crippen LogP contribution in [0.3, 0.4) is 0 Å². The van der Waals surface area contributed by atoms with Crippen LogP contribution in [0.2, 0.25) is 0 Å². The Morgan fingerprint density at radius 3 is 2.12 bits per heavy atom. The van der Waals surface area contributed by atoms with Gasteiger partial charge >= 0.3 is 0 Å². The smallest absolute Gasteiger partial charge is 0.0304 e. The second-order valence-corrected chi connectivity index (χ2v) is 6.97. The third-order valence-electron chi connectivity index (χ3n) is 4.06. The quantitative estimate of drug-likeness (QED) is 0.595. The molecule has 0 atom stereocenters. The monoisotopic (exact) mass is 238 g/mol. The van der Waals surface area contributed by atoms with Gasteiger partial charge in [0, 0.05) is 11.1 Å². The third-order valence-corrected chi connectivity index (χ3v) is 4.06. The van der Waals surface area contributed by atoms with E-state index in [1.807, 2.05) is 0 Å². The first kappa shape index (κ1) is 14.7. The summed E-state index contributed by atoms with van der Waals surface area (Å²) < 4.78 is 0. The number of hydrogen-bond donors (Lipinski definition) is 1. The lowest BCUT2D eigenvalue weighted by molar-refractivity contribution is -0.0526. The van der Waals surface area contributed by atoms with Crippen molar-refractivity contribution in [2.24, 2.45) is 11.8 Å². The number of hydrazine groups is 1. The second-order valence-electron chi connectivity index (χ2n) is 6.97. The average Bonchev–Trinajstić information content (AvgIpc) is 2.13. The van der Waals surface area contributed by atoms with E-state index >= 15 is 0 Å². The summed E-state index contributed by atoms with van der Waals surface area (Å²) in [6.07, 6.45) is 5.91. The van der Waals surface area contributed by atoms with Crippen molar-refractivity contribution < 1.29 is 0 Å². The molecular formula is C15H30N2. The second kappa shape index (κ2) is 5.11. The minimum Gasteiger partial charge on any atom is -0.268 e. The molecule has 1 heterocycles. The van der Waals surface area contributed by atoms with Crippen molar-refractivity contribution in [3.63, 3.8) is 0 Å². The van der Waals surface area contributed by atoms with Gasteiger partial charge in [0.1, 0.15) is 0 Å². The highest BCUT2D eigenvalue weighted by Crippen LogP contribution is 2.41. The molecule has 1 rings (SSSR count). The Balaban J connectivity index is 2.68. The summed E-state index contributed by atoms with van der Waals surface area (Å²) in [7, 11) is 0. The summed E-state index contributed by atoms with van der Waals surface area (Å²) in [6, 6.07) is 0. The van der Waals surface area contributed by atoms with Crippen molar-refractivity contribution in [1.29, 1.82) is 0 Å². The summed E-state index contributed by atoms with van der Waals surface area (Å²) >= 11 is 0. The Morgan fingerprint density at radius 1 is 1.24 bits per heavy atom. The predicted octanol–water partition coefficient (Wildman–Crippen LogP) is 3.88. The van der Waals surface area contributed by atoms with Crippen LogP contribution in [0, 0.1) is 5.92 Å². The van der Waals surface area contributed by atoms with Crippen LogP contribution < -0.4 is 5.84 Å². The summed E-state index contributed by atoms with van der Waals surface area (Å²) in [5, 5.41) is 2.05. The van der Waals surface area contributed by atoms with Gasteiger partial charge in [0.05, 0.1) is 0 Å². The maximum atomic E-state index is 6.25. The number of hydrogen-bond acceptors (Lipinski definition) is 2. The number of rotatable bonds is 4. The van der Waals surface area contributed by atoms with Crippen molar-refractivity contribution in [3.05, 3.63) is 12.2 Å². The van der Waals surface area contributed by atoms with Crippen LogP contribution in [0.15, 0.2) is 12.2 Å². The van der Waals surface area contributed by atoms with Crippen molar-refractivity contribution in [2.45, 2.75) is 77.8 Å². The Labute approximate surface area is 107 Å². The highest BCUT2D eigenvalue weighted by molar-refractivity contribution is 5.03. The lowest BCUT2D eigenvalue weighted by atomic mass is 9.73. The zero-order valence-electron chi connectivity index (χ0n) is 12.3. The predicted molar refractivity (Wildman–Crippen MR) is 75.6 cm³/mol. The van der Waals surface area contributed by atoms with Gasteiger partial charge in [-0.2, -0.15) is 0 Å². The maximum absolute atomic E-state index is 6.25. The van der Waals surface area contributed by atoms with Gasteiger partial charge in [-0.3, -0.25) is 5.84 Å². The normalized spacial score (nSPS) is 24.8. The van der Waals surface area contributed by atoms with Crippen LogP contribution in [-0.4, -0.2) is 16.1 Å². The first-order chi connectivity index (χ1) is 7.69. The molecule has 1 aliphatic heterocycles. The molecule has 1 aliphatic rings. The van der Waals surface area contributed by atoms with Gasteiger partial charge < -0.3 is 0 Å². The van der Waals surface area contributed by atoms with Crippen LogP contribution in [0.4, 0.5) is 0 Å². The SMILES string of the molecule is C=C(CCC)CC1CC(C)(C)N(N)C(C)(C)C1. The zero-order chi connectivity index (χ0) is 13.3. The molecule has 0 aromatic rings. The standard InChI is InChI=1S/C15H30N2/c1-7-8-12(2)9-13-10-14(3,4)17(16)15(5,6)11-13/h13H,2,7-11,16H2,1,3-6H3. The molecular weight excluding hydrogens is 208 g/mol. The van der Waals surface area contributed by atoms with Gasteiger partial charge in [-0.1, -0.05) is 25.5 Å². The fourth-order valence-corrected chi connectivity index (χ4v) is 3.51. The first-order valence-electron chi connectivity index (χ1n) is 6.91. The van der Waals surface area contributed by atoms with Gasteiger partial charge in [-0.25, -0.2) is 5.01 Å². The molecule has 2 nitrogen and oxygen atoms in total. The van der Waals surface area contributed by atoms with Gasteiger partial charge in [-0.15, -0.1) is 0 Å². The van der Waals surface area contributed by atoms with Crippen LogP contribution in [0.1, 0.15) is 66.7 Å². The lowest BCUT2D eigenvalue weighted by Crippen LogP contribution is -2.63. The van der Waals surface area contributed by atoms with E-state index in [2.05, 4.69) is 46.2 Å². The molecule has 0 spiro atoms. The van der Waals surface area contributed by atoms with E-state index in [1.54, 1.807) is 0 Å². The van der Waals surface area contributed by atoms with Gasteiger partial charge in [0.15, 0.2) is 0 Å². The Kier molecular flexibility index (Phi) is 4.43. The summed E-state index contributed by atoms with van der Waals surface area (Å²) in [6.45, 7) is 15.4. The number of nitrogens with two attached hydrogens (primary N) is 1. The molecule has 100 valence electrons. The Morgan fingerprint density at radius 2 is 1.71 bits per heavy atom. The summed E-state index contributed by atoms with van der Waals surface area (Å²) in [5.74, 6) is 6.99. The average molecular weight is 238 g/mol. The molecule has 0 saturated carbocycles. The molecule has 0 aromatic carbocycles. The maximum Gasteiger partial charge on any atom is 0.0304 e. The highest BCUT2D eigenvalue weighted by Gasteiger charge is 2.43. The van der Waals surface area contributed by atoms with Gasteiger partial charge in [0.25, 0.3) is 0 Å². The third kappa shape index (κ3) is 3.56.